The van der Waals surface area contributed by atoms with Crippen molar-refractivity contribution in [1.82, 2.24) is 5.32 Å². The Labute approximate surface area is 153 Å². The predicted octanol–water partition coefficient (Wildman–Crippen LogP) is 3.95. The van der Waals surface area contributed by atoms with Crippen molar-refractivity contribution in [3.05, 3.63) is 53.6 Å². The van der Waals surface area contributed by atoms with Crippen LogP contribution in [0.4, 0.5) is 5.69 Å². The van der Waals surface area contributed by atoms with Gasteiger partial charge in [0, 0.05) is 5.69 Å². The molecule has 0 radical (unpaired) electrons. The second-order valence-electron chi connectivity index (χ2n) is 5.69. The first-order valence-corrected chi connectivity index (χ1v) is 8.31. The topological polar surface area (TPSA) is 59.6 Å². The normalized spacial score (nSPS) is 10.3. The highest BCUT2D eigenvalue weighted by molar-refractivity contribution is 7.80. The van der Waals surface area contributed by atoms with Crippen LogP contribution < -0.4 is 20.1 Å². The number of nitrogens with one attached hydrogen (secondary N) is 2. The third-order valence-electron chi connectivity index (χ3n) is 3.71. The highest BCUT2D eigenvalue weighted by Gasteiger charge is 2.19. The van der Waals surface area contributed by atoms with Gasteiger partial charge < -0.3 is 14.8 Å². The van der Waals surface area contributed by atoms with Crippen LogP contribution in [0.25, 0.3) is 0 Å². The number of para-hydroxylation sites is 1. The summed E-state index contributed by atoms with van der Waals surface area (Å²) in [7, 11) is 3.00. The second kappa shape index (κ2) is 8.48. The Morgan fingerprint density at radius 2 is 1.60 bits per heavy atom. The zero-order chi connectivity index (χ0) is 18.4. The predicted molar refractivity (Wildman–Crippen MR) is 104 cm³/mol. The van der Waals surface area contributed by atoms with Gasteiger partial charge in [-0.2, -0.15) is 0 Å². The SMILES string of the molecule is COc1cccc(OC)c1C(=O)NC(=S)Nc1ccccc1C(C)C. The monoisotopic (exact) mass is 358 g/mol. The van der Waals surface area contributed by atoms with Crippen LogP contribution in [0.5, 0.6) is 11.5 Å². The Bertz CT molecular complexity index is 753. The highest BCUT2D eigenvalue weighted by atomic mass is 32.1. The summed E-state index contributed by atoms with van der Waals surface area (Å²) < 4.78 is 10.5. The van der Waals surface area contributed by atoms with Crippen molar-refractivity contribution in [2.45, 2.75) is 19.8 Å². The second-order valence-corrected chi connectivity index (χ2v) is 6.10. The summed E-state index contributed by atoms with van der Waals surface area (Å²) in [6.45, 7) is 4.20. The number of ether oxygens (including phenoxy) is 2. The molecule has 0 bridgehead atoms. The zero-order valence-electron chi connectivity index (χ0n) is 14.8. The van der Waals surface area contributed by atoms with E-state index in [0.717, 1.165) is 11.3 Å². The molecule has 0 saturated heterocycles. The number of rotatable bonds is 5. The third kappa shape index (κ3) is 4.48. The van der Waals surface area contributed by atoms with Crippen molar-refractivity contribution < 1.29 is 14.3 Å². The van der Waals surface area contributed by atoms with Crippen molar-refractivity contribution >= 4 is 28.9 Å². The molecule has 0 spiro atoms. The molecule has 0 heterocycles. The molecular weight excluding hydrogens is 336 g/mol. The Kier molecular flexibility index (Phi) is 6.36. The maximum Gasteiger partial charge on any atom is 0.264 e. The summed E-state index contributed by atoms with van der Waals surface area (Å²) in [4.78, 5) is 12.6. The average Bonchev–Trinajstić information content (AvgIpc) is 2.60. The van der Waals surface area contributed by atoms with E-state index in [1.807, 2.05) is 24.3 Å². The van der Waals surface area contributed by atoms with Gasteiger partial charge in [0.05, 0.1) is 14.2 Å². The largest absolute Gasteiger partial charge is 0.496 e. The van der Waals surface area contributed by atoms with E-state index in [9.17, 15) is 4.79 Å². The lowest BCUT2D eigenvalue weighted by molar-refractivity contribution is 0.0971. The van der Waals surface area contributed by atoms with E-state index >= 15 is 0 Å². The molecule has 0 unspecified atom stereocenters. The molecule has 0 aliphatic carbocycles. The summed E-state index contributed by atoms with van der Waals surface area (Å²) in [6.07, 6.45) is 0. The quantitative estimate of drug-likeness (QED) is 0.793. The minimum atomic E-state index is -0.395. The number of anilines is 1. The number of thiocarbonyl (C=S) groups is 1. The first kappa shape index (κ1) is 18.7. The smallest absolute Gasteiger partial charge is 0.264 e. The molecule has 1 amide bonds. The number of methoxy groups -OCH3 is 2. The molecule has 2 rings (SSSR count). The lowest BCUT2D eigenvalue weighted by Crippen LogP contribution is -2.34. The number of amides is 1. The molecule has 6 heteroatoms. The minimum absolute atomic E-state index is 0.214. The summed E-state index contributed by atoms with van der Waals surface area (Å²) >= 11 is 5.29. The molecule has 0 aliphatic rings. The Morgan fingerprint density at radius 3 is 2.16 bits per heavy atom. The summed E-state index contributed by atoms with van der Waals surface area (Å²) in [5.41, 5.74) is 2.29. The van der Waals surface area contributed by atoms with Crippen LogP contribution >= 0.6 is 12.2 Å². The fourth-order valence-electron chi connectivity index (χ4n) is 2.51. The molecule has 2 aromatic rings. The van der Waals surface area contributed by atoms with Gasteiger partial charge in [-0.25, -0.2) is 0 Å². The molecule has 0 saturated carbocycles. The first-order chi connectivity index (χ1) is 12.0. The molecule has 132 valence electrons. The lowest BCUT2D eigenvalue weighted by atomic mass is 10.0. The molecule has 0 atom stereocenters. The highest BCUT2D eigenvalue weighted by Crippen LogP contribution is 2.28. The molecule has 2 aromatic carbocycles. The van der Waals surface area contributed by atoms with Gasteiger partial charge >= 0.3 is 0 Å². The van der Waals surface area contributed by atoms with Gasteiger partial charge in [-0.3, -0.25) is 10.1 Å². The van der Waals surface area contributed by atoms with Gasteiger partial charge in [0.25, 0.3) is 5.91 Å². The molecule has 0 aliphatic heterocycles. The number of hydrogen-bond donors (Lipinski definition) is 2. The average molecular weight is 358 g/mol. The van der Waals surface area contributed by atoms with Crippen molar-refractivity contribution in [2.24, 2.45) is 0 Å². The van der Waals surface area contributed by atoms with Crippen LogP contribution in [0, 0.1) is 0 Å². The summed E-state index contributed by atoms with van der Waals surface area (Å²) in [5.74, 6) is 0.773. The van der Waals surface area contributed by atoms with Gasteiger partial charge in [0.2, 0.25) is 0 Å². The van der Waals surface area contributed by atoms with E-state index in [2.05, 4.69) is 24.5 Å². The van der Waals surface area contributed by atoms with Crippen LogP contribution in [0.3, 0.4) is 0 Å². The molecule has 2 N–H and O–H groups in total. The van der Waals surface area contributed by atoms with E-state index in [0.29, 0.717) is 23.0 Å². The van der Waals surface area contributed by atoms with Crippen LogP contribution in [-0.2, 0) is 0 Å². The van der Waals surface area contributed by atoms with Gasteiger partial charge in [-0.1, -0.05) is 38.1 Å². The van der Waals surface area contributed by atoms with Gasteiger partial charge in [0.15, 0.2) is 5.11 Å². The van der Waals surface area contributed by atoms with E-state index in [1.54, 1.807) is 18.2 Å². The number of carbonyl (C=O) groups excluding carboxylic acids is 1. The fraction of sp³-hybridized carbons (Fsp3) is 0.263. The molecule has 0 fully saturated rings. The molecule has 5 nitrogen and oxygen atoms in total. The van der Waals surface area contributed by atoms with Gasteiger partial charge in [0.1, 0.15) is 17.1 Å². The van der Waals surface area contributed by atoms with Crippen LogP contribution in [0.15, 0.2) is 42.5 Å². The van der Waals surface area contributed by atoms with Crippen molar-refractivity contribution in [3.63, 3.8) is 0 Å². The van der Waals surface area contributed by atoms with Crippen LogP contribution in [-0.4, -0.2) is 25.2 Å². The molecule has 25 heavy (non-hydrogen) atoms. The number of carbonyl (C=O) groups is 1. The maximum absolute atomic E-state index is 12.6. The zero-order valence-corrected chi connectivity index (χ0v) is 15.6. The summed E-state index contributed by atoms with van der Waals surface area (Å²) in [6, 6.07) is 13.0. The van der Waals surface area contributed by atoms with Crippen LogP contribution in [0.2, 0.25) is 0 Å². The van der Waals surface area contributed by atoms with Gasteiger partial charge in [-0.15, -0.1) is 0 Å². The van der Waals surface area contributed by atoms with E-state index in [-0.39, 0.29) is 5.11 Å². The Hall–Kier alpha value is -2.60. The standard InChI is InChI=1S/C19H22N2O3S/c1-12(2)13-8-5-6-9-14(13)20-19(25)21-18(22)17-15(23-3)10-7-11-16(17)24-4/h5-12H,1-4H3,(H2,20,21,22,25). The van der Waals surface area contributed by atoms with E-state index in [4.69, 9.17) is 21.7 Å². The van der Waals surface area contributed by atoms with E-state index < -0.39 is 5.91 Å². The molecular formula is C19H22N2O3S. The van der Waals surface area contributed by atoms with E-state index in [1.165, 1.54) is 14.2 Å². The first-order valence-electron chi connectivity index (χ1n) is 7.90. The number of benzene rings is 2. The third-order valence-corrected chi connectivity index (χ3v) is 3.92. The Morgan fingerprint density at radius 1 is 1.00 bits per heavy atom. The Balaban J connectivity index is 2.18. The lowest BCUT2D eigenvalue weighted by Gasteiger charge is -2.17. The van der Waals surface area contributed by atoms with Crippen LogP contribution in [0.1, 0.15) is 35.7 Å². The molecule has 0 aromatic heterocycles. The van der Waals surface area contributed by atoms with Gasteiger partial charge in [-0.05, 0) is 41.9 Å². The van der Waals surface area contributed by atoms with Crippen molar-refractivity contribution in [3.8, 4) is 11.5 Å². The van der Waals surface area contributed by atoms with Crippen molar-refractivity contribution in [2.75, 3.05) is 19.5 Å². The maximum atomic E-state index is 12.6. The van der Waals surface area contributed by atoms with Crippen molar-refractivity contribution in [1.29, 1.82) is 0 Å². The number of hydrogen-bond acceptors (Lipinski definition) is 4. The fourth-order valence-corrected chi connectivity index (χ4v) is 2.71. The summed E-state index contributed by atoms with van der Waals surface area (Å²) in [5, 5.41) is 5.98. The minimum Gasteiger partial charge on any atom is -0.496 e.